The van der Waals surface area contributed by atoms with Crippen LogP contribution in [0.5, 0.6) is 11.5 Å². The summed E-state index contributed by atoms with van der Waals surface area (Å²) in [5.41, 5.74) is 4.76. The van der Waals surface area contributed by atoms with Crippen LogP contribution < -0.4 is 9.47 Å². The van der Waals surface area contributed by atoms with Crippen molar-refractivity contribution in [3.63, 3.8) is 0 Å². The summed E-state index contributed by atoms with van der Waals surface area (Å²) in [6.45, 7) is 10.5. The quantitative estimate of drug-likeness (QED) is 0.908. The van der Waals surface area contributed by atoms with Gasteiger partial charge in [0, 0.05) is 25.0 Å². The molecule has 0 spiro atoms. The van der Waals surface area contributed by atoms with Gasteiger partial charge in [0.1, 0.15) is 17.6 Å². The molecule has 1 N–H and O–H groups in total. The van der Waals surface area contributed by atoms with Gasteiger partial charge in [-0.3, -0.25) is 0 Å². The van der Waals surface area contributed by atoms with Crippen LogP contribution in [0.25, 0.3) is 0 Å². The lowest BCUT2D eigenvalue weighted by atomic mass is 9.95. The first-order valence-corrected chi connectivity index (χ1v) is 7.02. The Balaban J connectivity index is 2.43. The van der Waals surface area contributed by atoms with Crippen LogP contribution in [0.15, 0.2) is 0 Å². The van der Waals surface area contributed by atoms with E-state index in [1.165, 1.54) is 11.1 Å². The zero-order valence-corrected chi connectivity index (χ0v) is 12.5. The van der Waals surface area contributed by atoms with Crippen molar-refractivity contribution in [2.24, 2.45) is 0 Å². The van der Waals surface area contributed by atoms with Crippen LogP contribution in [0.2, 0.25) is 0 Å². The Labute approximate surface area is 115 Å². The molecule has 0 saturated heterocycles. The standard InChI is InChI=1S/C16H24O3/c1-9(2)18-15-10(3)11(4)16-14(12(15)5)8-13(19-16)6-7-17/h9,13,17H,6-8H2,1-5H3/t13-/m1/s1. The lowest BCUT2D eigenvalue weighted by Gasteiger charge is -2.19. The number of hydrogen-bond acceptors (Lipinski definition) is 3. The number of hydrogen-bond donors (Lipinski definition) is 1. The number of aliphatic hydroxyl groups is 1. The molecule has 1 aliphatic rings. The molecule has 1 aromatic carbocycles. The van der Waals surface area contributed by atoms with Gasteiger partial charge in [-0.2, -0.15) is 0 Å². The number of aliphatic hydroxyl groups excluding tert-OH is 1. The second-order valence-corrected chi connectivity index (χ2v) is 5.63. The molecule has 0 fully saturated rings. The molecule has 19 heavy (non-hydrogen) atoms. The van der Waals surface area contributed by atoms with Gasteiger partial charge in [-0.05, 0) is 51.3 Å². The zero-order chi connectivity index (χ0) is 14.2. The Morgan fingerprint density at radius 1 is 1.21 bits per heavy atom. The van der Waals surface area contributed by atoms with Crippen LogP contribution in [-0.4, -0.2) is 23.9 Å². The summed E-state index contributed by atoms with van der Waals surface area (Å²) >= 11 is 0. The van der Waals surface area contributed by atoms with Gasteiger partial charge in [0.25, 0.3) is 0 Å². The van der Waals surface area contributed by atoms with E-state index in [1.807, 2.05) is 13.8 Å². The highest BCUT2D eigenvalue weighted by atomic mass is 16.5. The smallest absolute Gasteiger partial charge is 0.126 e. The number of rotatable bonds is 4. The second-order valence-electron chi connectivity index (χ2n) is 5.63. The van der Waals surface area contributed by atoms with E-state index in [2.05, 4.69) is 20.8 Å². The van der Waals surface area contributed by atoms with E-state index in [0.717, 1.165) is 29.0 Å². The maximum Gasteiger partial charge on any atom is 0.126 e. The van der Waals surface area contributed by atoms with Crippen LogP contribution in [0, 0.1) is 20.8 Å². The maximum absolute atomic E-state index is 9.07. The molecule has 0 radical (unpaired) electrons. The van der Waals surface area contributed by atoms with E-state index < -0.39 is 0 Å². The van der Waals surface area contributed by atoms with E-state index in [1.54, 1.807) is 0 Å². The van der Waals surface area contributed by atoms with Gasteiger partial charge in [-0.1, -0.05) is 0 Å². The second kappa shape index (κ2) is 5.41. The van der Waals surface area contributed by atoms with E-state index in [0.29, 0.717) is 6.42 Å². The molecular weight excluding hydrogens is 240 g/mol. The van der Waals surface area contributed by atoms with Gasteiger partial charge in [-0.25, -0.2) is 0 Å². The van der Waals surface area contributed by atoms with E-state index in [9.17, 15) is 0 Å². The Morgan fingerprint density at radius 3 is 2.47 bits per heavy atom. The fraction of sp³-hybridized carbons (Fsp3) is 0.625. The van der Waals surface area contributed by atoms with Gasteiger partial charge < -0.3 is 14.6 Å². The first-order valence-electron chi connectivity index (χ1n) is 7.02. The van der Waals surface area contributed by atoms with Crippen LogP contribution in [-0.2, 0) is 6.42 Å². The molecule has 1 aromatic rings. The van der Waals surface area contributed by atoms with E-state index in [-0.39, 0.29) is 18.8 Å². The molecule has 1 atom stereocenters. The van der Waals surface area contributed by atoms with E-state index >= 15 is 0 Å². The first-order chi connectivity index (χ1) is 8.95. The van der Waals surface area contributed by atoms with Crippen LogP contribution in [0.3, 0.4) is 0 Å². The van der Waals surface area contributed by atoms with Crippen molar-refractivity contribution in [3.8, 4) is 11.5 Å². The van der Waals surface area contributed by atoms with Crippen molar-refractivity contribution in [1.82, 2.24) is 0 Å². The molecule has 2 rings (SSSR count). The molecule has 3 heteroatoms. The molecule has 3 nitrogen and oxygen atoms in total. The van der Waals surface area contributed by atoms with Gasteiger partial charge >= 0.3 is 0 Å². The largest absolute Gasteiger partial charge is 0.490 e. The minimum absolute atomic E-state index is 0.103. The van der Waals surface area contributed by atoms with Gasteiger partial charge in [-0.15, -0.1) is 0 Å². The van der Waals surface area contributed by atoms with E-state index in [4.69, 9.17) is 14.6 Å². The molecular formula is C16H24O3. The molecule has 0 aromatic heterocycles. The van der Waals surface area contributed by atoms with Crippen molar-refractivity contribution >= 4 is 0 Å². The summed E-state index contributed by atoms with van der Waals surface area (Å²) in [6, 6.07) is 0. The first kappa shape index (κ1) is 14.2. The highest BCUT2D eigenvalue weighted by molar-refractivity contribution is 5.59. The van der Waals surface area contributed by atoms with Crippen molar-refractivity contribution in [2.45, 2.75) is 59.7 Å². The highest BCUT2D eigenvalue weighted by Crippen LogP contribution is 2.43. The van der Waals surface area contributed by atoms with Crippen LogP contribution >= 0.6 is 0 Å². The summed E-state index contributed by atoms with van der Waals surface area (Å²) < 4.78 is 12.0. The summed E-state index contributed by atoms with van der Waals surface area (Å²) in [4.78, 5) is 0. The van der Waals surface area contributed by atoms with Gasteiger partial charge in [0.2, 0.25) is 0 Å². The lowest BCUT2D eigenvalue weighted by molar-refractivity contribution is 0.174. The van der Waals surface area contributed by atoms with Crippen molar-refractivity contribution in [1.29, 1.82) is 0 Å². The number of fused-ring (bicyclic) bond motifs is 1. The van der Waals surface area contributed by atoms with Gasteiger partial charge in [0.15, 0.2) is 0 Å². The monoisotopic (exact) mass is 264 g/mol. The fourth-order valence-electron chi connectivity index (χ4n) is 2.71. The molecule has 0 aliphatic carbocycles. The van der Waals surface area contributed by atoms with Crippen molar-refractivity contribution in [3.05, 3.63) is 22.3 Å². The average Bonchev–Trinajstić information content (AvgIpc) is 2.76. The Hall–Kier alpha value is -1.22. The minimum atomic E-state index is 0.103. The molecule has 0 saturated carbocycles. The summed E-state index contributed by atoms with van der Waals surface area (Å²) in [7, 11) is 0. The number of benzene rings is 1. The Bertz CT molecular complexity index is 478. The molecule has 106 valence electrons. The molecule has 0 unspecified atom stereocenters. The predicted octanol–water partition coefficient (Wildman–Crippen LogP) is 3.08. The molecule has 1 heterocycles. The Kier molecular flexibility index (Phi) is 4.04. The van der Waals surface area contributed by atoms with Gasteiger partial charge in [0.05, 0.1) is 6.10 Å². The third kappa shape index (κ3) is 2.57. The third-order valence-corrected chi connectivity index (χ3v) is 3.83. The topological polar surface area (TPSA) is 38.7 Å². The summed E-state index contributed by atoms with van der Waals surface area (Å²) in [5.74, 6) is 2.00. The summed E-state index contributed by atoms with van der Waals surface area (Å²) in [6.07, 6.45) is 1.83. The fourth-order valence-corrected chi connectivity index (χ4v) is 2.71. The third-order valence-electron chi connectivity index (χ3n) is 3.83. The molecule has 1 aliphatic heterocycles. The highest BCUT2D eigenvalue weighted by Gasteiger charge is 2.29. The molecule has 0 amide bonds. The zero-order valence-electron chi connectivity index (χ0n) is 12.5. The van der Waals surface area contributed by atoms with Crippen molar-refractivity contribution in [2.75, 3.05) is 6.61 Å². The SMILES string of the molecule is Cc1c(C)c2c(c(C)c1OC(C)C)C[C@@H](CCO)O2. The normalized spacial score (nSPS) is 17.5. The molecule has 0 bridgehead atoms. The average molecular weight is 264 g/mol. The maximum atomic E-state index is 9.07. The minimum Gasteiger partial charge on any atom is -0.490 e. The van der Waals surface area contributed by atoms with Crippen LogP contribution in [0.4, 0.5) is 0 Å². The number of ether oxygens (including phenoxy) is 2. The lowest BCUT2D eigenvalue weighted by Crippen LogP contribution is -2.14. The Morgan fingerprint density at radius 2 is 1.89 bits per heavy atom. The van der Waals surface area contributed by atoms with Crippen LogP contribution in [0.1, 0.15) is 42.5 Å². The summed E-state index contributed by atoms with van der Waals surface area (Å²) in [5, 5.41) is 9.07. The van der Waals surface area contributed by atoms with Crippen molar-refractivity contribution < 1.29 is 14.6 Å². The predicted molar refractivity (Wildman–Crippen MR) is 76.2 cm³/mol.